The molecule has 0 aromatic heterocycles. The van der Waals surface area contributed by atoms with Crippen LogP contribution in [0.2, 0.25) is 0 Å². The molecule has 1 unspecified atom stereocenters. The second-order valence-corrected chi connectivity index (χ2v) is 5.31. The molecule has 2 rings (SSSR count). The van der Waals surface area contributed by atoms with Crippen molar-refractivity contribution in [2.45, 2.75) is 37.6 Å². The fourth-order valence-electron chi connectivity index (χ4n) is 1.99. The van der Waals surface area contributed by atoms with E-state index in [4.69, 9.17) is 0 Å². The third-order valence-electron chi connectivity index (χ3n) is 2.91. The van der Waals surface area contributed by atoms with Gasteiger partial charge in [-0.1, -0.05) is 19.8 Å². The molecule has 1 saturated heterocycles. The Balaban J connectivity index is 1.79. The molecule has 5 heteroatoms. The van der Waals surface area contributed by atoms with Gasteiger partial charge in [-0.15, -0.1) is 11.8 Å². The number of thioether (sulfide) groups is 1. The van der Waals surface area contributed by atoms with E-state index in [0.29, 0.717) is 11.5 Å². The third-order valence-corrected chi connectivity index (χ3v) is 4.22. The lowest BCUT2D eigenvalue weighted by Gasteiger charge is -2.46. The molecule has 0 saturated carbocycles. The first-order valence-electron chi connectivity index (χ1n) is 5.81. The number of nitrogens with one attached hydrogen (secondary N) is 1. The van der Waals surface area contributed by atoms with Crippen molar-refractivity contribution in [3.05, 3.63) is 12.0 Å². The number of fused-ring (bicyclic) bond motifs is 1. The molecule has 0 aromatic rings. The predicted octanol–water partition coefficient (Wildman–Crippen LogP) is 1.45. The first kappa shape index (κ1) is 11.8. The van der Waals surface area contributed by atoms with Gasteiger partial charge in [-0.3, -0.25) is 9.69 Å². The molecular formula is C11H18N2O2S. The molecule has 0 spiro atoms. The quantitative estimate of drug-likeness (QED) is 0.566. The number of hydrogen-bond donors (Lipinski definition) is 2. The molecule has 0 radical (unpaired) electrons. The number of carbonyl (C=O) groups excluding carboxylic acids is 1. The van der Waals surface area contributed by atoms with Crippen molar-refractivity contribution in [2.24, 2.45) is 0 Å². The van der Waals surface area contributed by atoms with Gasteiger partial charge in [-0.2, -0.15) is 0 Å². The Morgan fingerprint density at radius 1 is 1.62 bits per heavy atom. The number of unbranched alkanes of at least 4 members (excludes halogenated alkanes) is 2. The lowest BCUT2D eigenvalue weighted by molar-refractivity contribution is -0.142. The molecule has 4 nitrogen and oxygen atoms in total. The molecule has 2 aliphatic rings. The topological polar surface area (TPSA) is 52.6 Å². The van der Waals surface area contributed by atoms with Gasteiger partial charge in [0, 0.05) is 6.20 Å². The molecule has 0 bridgehead atoms. The normalized spacial score (nSPS) is 28.4. The second kappa shape index (κ2) is 5.10. The fourth-order valence-corrected chi connectivity index (χ4v) is 3.14. The van der Waals surface area contributed by atoms with Gasteiger partial charge in [0.25, 0.3) is 0 Å². The number of carbonyl (C=O) groups is 1. The molecule has 2 N–H and O–H groups in total. The van der Waals surface area contributed by atoms with Gasteiger partial charge < -0.3 is 10.4 Å². The zero-order chi connectivity index (χ0) is 11.5. The van der Waals surface area contributed by atoms with Crippen LogP contribution in [0.5, 0.6) is 0 Å². The zero-order valence-corrected chi connectivity index (χ0v) is 10.3. The van der Waals surface area contributed by atoms with Crippen LogP contribution in [0.3, 0.4) is 0 Å². The van der Waals surface area contributed by atoms with E-state index in [1.54, 1.807) is 22.9 Å². The molecule has 90 valence electrons. The minimum Gasteiger partial charge on any atom is -0.510 e. The number of amides is 1. The first-order valence-corrected chi connectivity index (χ1v) is 6.85. The van der Waals surface area contributed by atoms with Crippen molar-refractivity contribution in [3.63, 3.8) is 0 Å². The summed E-state index contributed by atoms with van der Waals surface area (Å²) in [7, 11) is 0. The van der Waals surface area contributed by atoms with Gasteiger partial charge in [0.2, 0.25) is 5.91 Å². The van der Waals surface area contributed by atoms with E-state index >= 15 is 0 Å². The molecule has 0 aliphatic carbocycles. The monoisotopic (exact) mass is 242 g/mol. The van der Waals surface area contributed by atoms with Crippen LogP contribution in [0.1, 0.15) is 26.2 Å². The third kappa shape index (κ3) is 2.20. The van der Waals surface area contributed by atoms with Gasteiger partial charge in [0.1, 0.15) is 17.2 Å². The van der Waals surface area contributed by atoms with Gasteiger partial charge >= 0.3 is 0 Å². The number of nitrogens with zero attached hydrogens (tertiary/aromatic N) is 1. The van der Waals surface area contributed by atoms with Crippen molar-refractivity contribution in [2.75, 3.05) is 12.3 Å². The van der Waals surface area contributed by atoms with Crippen LogP contribution < -0.4 is 5.32 Å². The van der Waals surface area contributed by atoms with Gasteiger partial charge in [0.05, 0.1) is 5.75 Å². The molecular weight excluding hydrogens is 224 g/mol. The highest BCUT2D eigenvalue weighted by Gasteiger charge is 2.48. The van der Waals surface area contributed by atoms with E-state index in [0.717, 1.165) is 13.0 Å². The summed E-state index contributed by atoms with van der Waals surface area (Å²) < 4.78 is 0. The fraction of sp³-hybridized carbons (Fsp3) is 0.727. The summed E-state index contributed by atoms with van der Waals surface area (Å²) in [4.78, 5) is 13.3. The number of rotatable bonds is 5. The van der Waals surface area contributed by atoms with Gasteiger partial charge in [-0.25, -0.2) is 0 Å². The van der Waals surface area contributed by atoms with E-state index in [1.807, 2.05) is 0 Å². The first-order chi connectivity index (χ1) is 7.74. The van der Waals surface area contributed by atoms with Crippen LogP contribution in [0.4, 0.5) is 0 Å². The van der Waals surface area contributed by atoms with Gasteiger partial charge in [0.15, 0.2) is 0 Å². The average molecular weight is 242 g/mol. The Bertz CT molecular complexity index is 306. The summed E-state index contributed by atoms with van der Waals surface area (Å²) in [5.74, 6) is 0.987. The number of aliphatic hydroxyl groups excluding tert-OH is 1. The Labute approximate surface area is 100 Å². The summed E-state index contributed by atoms with van der Waals surface area (Å²) in [5.41, 5.74) is 0. The standard InChI is InChI=1S/C11H18N2O2S/c1-2-3-4-5-12-9-10(15)13-6-8(14)7-16-11(9)13/h6,9,11-12,14H,2-5,7H2,1H3/t9?,11-/m1/s1. The summed E-state index contributed by atoms with van der Waals surface area (Å²) in [5, 5.41) is 12.8. The Morgan fingerprint density at radius 3 is 3.19 bits per heavy atom. The van der Waals surface area contributed by atoms with Gasteiger partial charge in [-0.05, 0) is 13.0 Å². The highest BCUT2D eigenvalue weighted by molar-refractivity contribution is 8.00. The van der Waals surface area contributed by atoms with Crippen molar-refractivity contribution < 1.29 is 9.90 Å². The number of aliphatic hydroxyl groups is 1. The average Bonchev–Trinajstić information content (AvgIpc) is 2.29. The lowest BCUT2D eigenvalue weighted by Crippen LogP contribution is -2.67. The summed E-state index contributed by atoms with van der Waals surface area (Å²) >= 11 is 1.62. The maximum Gasteiger partial charge on any atom is 0.247 e. The van der Waals surface area contributed by atoms with Crippen molar-refractivity contribution in [1.82, 2.24) is 10.2 Å². The summed E-state index contributed by atoms with van der Waals surface area (Å²) in [6.07, 6.45) is 5.09. The maximum atomic E-state index is 11.7. The van der Waals surface area contributed by atoms with Crippen molar-refractivity contribution in [1.29, 1.82) is 0 Å². The van der Waals surface area contributed by atoms with Crippen molar-refractivity contribution in [3.8, 4) is 0 Å². The van der Waals surface area contributed by atoms with E-state index in [2.05, 4.69) is 12.2 Å². The zero-order valence-electron chi connectivity index (χ0n) is 9.48. The SMILES string of the molecule is CCCCCNC1C(=O)N2C=C(O)CS[C@H]12. The van der Waals surface area contributed by atoms with Crippen molar-refractivity contribution >= 4 is 17.7 Å². The number of hydrogen-bond acceptors (Lipinski definition) is 4. The summed E-state index contributed by atoms with van der Waals surface area (Å²) in [6.45, 7) is 3.08. The van der Waals surface area contributed by atoms with Crippen LogP contribution in [0.15, 0.2) is 12.0 Å². The molecule has 1 fully saturated rings. The van der Waals surface area contributed by atoms with Crippen LogP contribution >= 0.6 is 11.8 Å². The van der Waals surface area contributed by atoms with Crippen LogP contribution in [0, 0.1) is 0 Å². The largest absolute Gasteiger partial charge is 0.510 e. The molecule has 2 aliphatic heterocycles. The smallest absolute Gasteiger partial charge is 0.247 e. The van der Waals surface area contributed by atoms with Crippen LogP contribution in [-0.4, -0.2) is 39.6 Å². The second-order valence-electron chi connectivity index (χ2n) is 4.21. The Morgan fingerprint density at radius 2 is 2.44 bits per heavy atom. The highest BCUT2D eigenvalue weighted by Crippen LogP contribution is 2.35. The van der Waals surface area contributed by atoms with E-state index in [9.17, 15) is 9.90 Å². The Kier molecular flexibility index (Phi) is 3.76. The highest BCUT2D eigenvalue weighted by atomic mass is 32.2. The lowest BCUT2D eigenvalue weighted by atomic mass is 10.1. The van der Waals surface area contributed by atoms with E-state index < -0.39 is 0 Å². The van der Waals surface area contributed by atoms with E-state index in [-0.39, 0.29) is 17.3 Å². The van der Waals surface area contributed by atoms with E-state index in [1.165, 1.54) is 12.8 Å². The number of β-lactam (4-membered cyclic amide) rings is 1. The van der Waals surface area contributed by atoms with Crippen LogP contribution in [0.25, 0.3) is 0 Å². The molecule has 2 heterocycles. The summed E-state index contributed by atoms with van der Waals surface area (Å²) in [6, 6.07) is -0.0498. The minimum absolute atomic E-state index is 0.0498. The maximum absolute atomic E-state index is 11.7. The molecule has 1 amide bonds. The van der Waals surface area contributed by atoms with Crippen LogP contribution in [-0.2, 0) is 4.79 Å². The molecule has 16 heavy (non-hydrogen) atoms. The predicted molar refractivity (Wildman–Crippen MR) is 65.1 cm³/mol. The Hall–Kier alpha value is -0.680. The molecule has 0 aromatic carbocycles. The minimum atomic E-state index is -0.0498. The molecule has 2 atom stereocenters.